The van der Waals surface area contributed by atoms with Gasteiger partial charge in [0, 0.05) is 24.7 Å². The second-order valence-corrected chi connectivity index (χ2v) is 4.83. The predicted molar refractivity (Wildman–Crippen MR) is 72.3 cm³/mol. The lowest BCUT2D eigenvalue weighted by molar-refractivity contribution is 0.746. The third kappa shape index (κ3) is 1.93. The third-order valence-corrected chi connectivity index (χ3v) is 3.52. The number of hydrogen-bond acceptors (Lipinski definition) is 1. The van der Waals surface area contributed by atoms with Gasteiger partial charge in [0.1, 0.15) is 0 Å². The van der Waals surface area contributed by atoms with E-state index in [1.807, 2.05) is 0 Å². The maximum Gasteiger partial charge on any atom is 0.0429 e. The zero-order valence-electron chi connectivity index (χ0n) is 10.1. The summed E-state index contributed by atoms with van der Waals surface area (Å²) < 4.78 is 0. The molecule has 1 aliphatic heterocycles. The minimum Gasteiger partial charge on any atom is -0.366 e. The molecule has 0 saturated carbocycles. The highest BCUT2D eigenvalue weighted by Gasteiger charge is 2.24. The van der Waals surface area contributed by atoms with Gasteiger partial charge in [0.05, 0.1) is 0 Å². The molecule has 1 heteroatoms. The van der Waals surface area contributed by atoms with Crippen LogP contribution in [0.3, 0.4) is 0 Å². The Morgan fingerprint density at radius 3 is 2.53 bits per heavy atom. The average Bonchev–Trinajstić information content (AvgIpc) is 2.69. The SMILES string of the molecule is C[C@H]1CN(Cc2ccccc2)c2ccccc21. The van der Waals surface area contributed by atoms with Gasteiger partial charge in [-0.1, -0.05) is 55.5 Å². The Labute approximate surface area is 103 Å². The normalized spacial score (nSPS) is 18.2. The summed E-state index contributed by atoms with van der Waals surface area (Å²) in [6.45, 7) is 4.46. The number of hydrogen-bond donors (Lipinski definition) is 0. The van der Waals surface area contributed by atoms with Gasteiger partial charge in [-0.25, -0.2) is 0 Å². The van der Waals surface area contributed by atoms with Gasteiger partial charge in [0.25, 0.3) is 0 Å². The standard InChI is InChI=1S/C16H17N/c1-13-11-17(12-14-7-3-2-4-8-14)16-10-6-5-9-15(13)16/h2-10,13H,11-12H2,1H3/t13-/m0/s1. The summed E-state index contributed by atoms with van der Waals surface area (Å²) in [7, 11) is 0. The molecule has 1 nitrogen and oxygen atoms in total. The second kappa shape index (κ2) is 4.25. The molecule has 0 saturated heterocycles. The van der Waals surface area contributed by atoms with Crippen molar-refractivity contribution >= 4 is 5.69 Å². The van der Waals surface area contributed by atoms with Crippen LogP contribution in [0.1, 0.15) is 24.0 Å². The number of anilines is 1. The number of rotatable bonds is 2. The van der Waals surface area contributed by atoms with Gasteiger partial charge in [0.15, 0.2) is 0 Å². The van der Waals surface area contributed by atoms with Crippen LogP contribution in [-0.2, 0) is 6.54 Å². The van der Waals surface area contributed by atoms with Gasteiger partial charge >= 0.3 is 0 Å². The van der Waals surface area contributed by atoms with Crippen LogP contribution in [0.4, 0.5) is 5.69 Å². The summed E-state index contributed by atoms with van der Waals surface area (Å²) >= 11 is 0. The van der Waals surface area contributed by atoms with E-state index >= 15 is 0 Å². The molecule has 1 heterocycles. The van der Waals surface area contributed by atoms with Crippen LogP contribution in [0.5, 0.6) is 0 Å². The highest BCUT2D eigenvalue weighted by molar-refractivity contribution is 5.60. The second-order valence-electron chi connectivity index (χ2n) is 4.83. The molecule has 0 aromatic heterocycles. The van der Waals surface area contributed by atoms with Crippen molar-refractivity contribution < 1.29 is 0 Å². The lowest BCUT2D eigenvalue weighted by Crippen LogP contribution is -2.20. The van der Waals surface area contributed by atoms with Gasteiger partial charge in [-0.15, -0.1) is 0 Å². The minimum atomic E-state index is 0.648. The van der Waals surface area contributed by atoms with Crippen molar-refractivity contribution in [3.8, 4) is 0 Å². The lowest BCUT2D eigenvalue weighted by atomic mass is 10.0. The Kier molecular flexibility index (Phi) is 2.60. The minimum absolute atomic E-state index is 0.648. The molecule has 1 aliphatic rings. The van der Waals surface area contributed by atoms with Crippen molar-refractivity contribution in [2.75, 3.05) is 11.4 Å². The highest BCUT2D eigenvalue weighted by atomic mass is 15.1. The Morgan fingerprint density at radius 1 is 1.00 bits per heavy atom. The average molecular weight is 223 g/mol. The molecule has 3 rings (SSSR count). The first-order valence-corrected chi connectivity index (χ1v) is 6.22. The molecule has 0 unspecified atom stereocenters. The molecule has 2 aromatic carbocycles. The molecule has 0 amide bonds. The summed E-state index contributed by atoms with van der Waals surface area (Å²) in [6.07, 6.45) is 0. The molecule has 17 heavy (non-hydrogen) atoms. The van der Waals surface area contributed by atoms with Crippen LogP contribution >= 0.6 is 0 Å². The van der Waals surface area contributed by atoms with Crippen LogP contribution in [0.2, 0.25) is 0 Å². The maximum atomic E-state index is 2.48. The van der Waals surface area contributed by atoms with Crippen LogP contribution < -0.4 is 4.90 Å². The number of para-hydroxylation sites is 1. The summed E-state index contributed by atoms with van der Waals surface area (Å²) in [5.41, 5.74) is 4.28. The first-order valence-electron chi connectivity index (χ1n) is 6.22. The van der Waals surface area contributed by atoms with E-state index in [1.54, 1.807) is 0 Å². The number of nitrogens with zero attached hydrogens (tertiary/aromatic N) is 1. The molecule has 0 N–H and O–H groups in total. The van der Waals surface area contributed by atoms with Crippen molar-refractivity contribution in [2.45, 2.75) is 19.4 Å². The largest absolute Gasteiger partial charge is 0.366 e. The number of fused-ring (bicyclic) bond motifs is 1. The van der Waals surface area contributed by atoms with E-state index in [4.69, 9.17) is 0 Å². The molecule has 1 atom stereocenters. The fourth-order valence-corrected chi connectivity index (χ4v) is 2.67. The van der Waals surface area contributed by atoms with Gasteiger partial charge in [-0.3, -0.25) is 0 Å². The molecule has 86 valence electrons. The van der Waals surface area contributed by atoms with Crippen molar-refractivity contribution in [2.24, 2.45) is 0 Å². The molecule has 2 aromatic rings. The number of benzene rings is 2. The highest BCUT2D eigenvalue weighted by Crippen LogP contribution is 2.36. The summed E-state index contributed by atoms with van der Waals surface area (Å²) in [4.78, 5) is 2.48. The third-order valence-electron chi connectivity index (χ3n) is 3.52. The predicted octanol–water partition coefficient (Wildman–Crippen LogP) is 3.81. The molecular formula is C16H17N. The Morgan fingerprint density at radius 2 is 1.71 bits per heavy atom. The fourth-order valence-electron chi connectivity index (χ4n) is 2.67. The Hall–Kier alpha value is -1.76. The first-order chi connectivity index (χ1) is 8.34. The molecular weight excluding hydrogens is 206 g/mol. The van der Waals surface area contributed by atoms with E-state index in [-0.39, 0.29) is 0 Å². The summed E-state index contributed by atoms with van der Waals surface area (Å²) in [5, 5.41) is 0. The van der Waals surface area contributed by atoms with Crippen LogP contribution in [0, 0.1) is 0 Å². The Bertz CT molecular complexity index is 504. The zero-order chi connectivity index (χ0) is 11.7. The van der Waals surface area contributed by atoms with Crippen molar-refractivity contribution in [1.82, 2.24) is 0 Å². The van der Waals surface area contributed by atoms with Crippen molar-refractivity contribution in [3.05, 3.63) is 65.7 Å². The smallest absolute Gasteiger partial charge is 0.0429 e. The van der Waals surface area contributed by atoms with Crippen LogP contribution in [-0.4, -0.2) is 6.54 Å². The topological polar surface area (TPSA) is 3.24 Å². The van der Waals surface area contributed by atoms with Gasteiger partial charge in [-0.2, -0.15) is 0 Å². The van der Waals surface area contributed by atoms with E-state index in [9.17, 15) is 0 Å². The molecule has 0 bridgehead atoms. The monoisotopic (exact) mass is 223 g/mol. The quantitative estimate of drug-likeness (QED) is 0.748. The van der Waals surface area contributed by atoms with Crippen molar-refractivity contribution in [1.29, 1.82) is 0 Å². The maximum absolute atomic E-state index is 2.48. The molecule has 0 radical (unpaired) electrons. The van der Waals surface area contributed by atoms with E-state index in [1.165, 1.54) is 16.8 Å². The van der Waals surface area contributed by atoms with Crippen LogP contribution in [0.25, 0.3) is 0 Å². The molecule has 0 aliphatic carbocycles. The van der Waals surface area contributed by atoms with Crippen LogP contribution in [0.15, 0.2) is 54.6 Å². The van der Waals surface area contributed by atoms with Gasteiger partial charge in [0.2, 0.25) is 0 Å². The van der Waals surface area contributed by atoms with Gasteiger partial charge < -0.3 is 4.90 Å². The zero-order valence-corrected chi connectivity index (χ0v) is 10.1. The van der Waals surface area contributed by atoms with E-state index < -0.39 is 0 Å². The lowest BCUT2D eigenvalue weighted by Gasteiger charge is -2.19. The van der Waals surface area contributed by atoms with Crippen molar-refractivity contribution in [3.63, 3.8) is 0 Å². The summed E-state index contributed by atoms with van der Waals surface area (Å²) in [5.74, 6) is 0.648. The van der Waals surface area contributed by atoms with E-state index in [0.29, 0.717) is 5.92 Å². The van der Waals surface area contributed by atoms with Gasteiger partial charge in [-0.05, 0) is 17.2 Å². The molecule has 0 spiro atoms. The van der Waals surface area contributed by atoms with E-state index in [0.717, 1.165) is 13.1 Å². The Balaban J connectivity index is 1.87. The van der Waals surface area contributed by atoms with E-state index in [2.05, 4.69) is 66.4 Å². The molecule has 0 fully saturated rings. The fraction of sp³-hybridized carbons (Fsp3) is 0.250. The summed E-state index contributed by atoms with van der Waals surface area (Å²) in [6, 6.07) is 19.5. The first kappa shape index (κ1) is 10.4.